The molecular weight excluding hydrogens is 386 g/mol. The quantitative estimate of drug-likeness (QED) is 0.618. The number of allylic oxidation sites excluding steroid dienone is 1. The minimum absolute atomic E-state index is 0.0294. The van der Waals surface area contributed by atoms with Crippen molar-refractivity contribution >= 4 is 17.2 Å². The second kappa shape index (κ2) is 11.1. The molecule has 0 saturated heterocycles. The summed E-state index contributed by atoms with van der Waals surface area (Å²) < 4.78 is 11.8. The van der Waals surface area contributed by atoms with Gasteiger partial charge >= 0.3 is 0 Å². The Kier molecular flexibility index (Phi) is 8.28. The van der Waals surface area contributed by atoms with Crippen molar-refractivity contribution in [3.8, 4) is 0 Å². The third kappa shape index (κ3) is 5.92. The molecule has 0 radical (unpaired) electrons. The number of hydrogen-bond acceptors (Lipinski definition) is 5. The van der Waals surface area contributed by atoms with E-state index in [0.29, 0.717) is 25.3 Å². The van der Waals surface area contributed by atoms with Gasteiger partial charge in [-0.25, -0.2) is 0 Å². The van der Waals surface area contributed by atoms with Gasteiger partial charge in [0.1, 0.15) is 0 Å². The highest BCUT2D eigenvalue weighted by Crippen LogP contribution is 2.40. The lowest BCUT2D eigenvalue weighted by atomic mass is 9.84. The fourth-order valence-electron chi connectivity index (χ4n) is 3.63. The minimum Gasteiger partial charge on any atom is -0.459 e. The third-order valence-electron chi connectivity index (χ3n) is 5.05. The molecule has 156 valence electrons. The van der Waals surface area contributed by atoms with Crippen LogP contribution in [0.2, 0.25) is 0 Å². The summed E-state index contributed by atoms with van der Waals surface area (Å²) >= 11 is 1.67. The molecule has 1 aliphatic heterocycles. The Balaban J connectivity index is 1.72. The summed E-state index contributed by atoms with van der Waals surface area (Å²) in [6.07, 6.45) is 3.62. The van der Waals surface area contributed by atoms with Crippen LogP contribution in [0.15, 0.2) is 59.7 Å². The van der Waals surface area contributed by atoms with E-state index in [0.717, 1.165) is 12.8 Å². The highest BCUT2D eigenvalue weighted by Gasteiger charge is 2.38. The lowest BCUT2D eigenvalue weighted by Gasteiger charge is -2.36. The molecule has 5 nitrogen and oxygen atoms in total. The van der Waals surface area contributed by atoms with Crippen LogP contribution in [-0.4, -0.2) is 37.1 Å². The van der Waals surface area contributed by atoms with E-state index < -0.39 is 6.29 Å². The third-order valence-corrected chi connectivity index (χ3v) is 6.02. The maximum absolute atomic E-state index is 12.8. The first-order valence-electron chi connectivity index (χ1n) is 10.2. The Morgan fingerprint density at radius 1 is 1.24 bits per heavy atom. The maximum Gasteiger partial charge on any atom is 0.286 e. The molecule has 0 aliphatic carbocycles. The highest BCUT2D eigenvalue weighted by molar-refractivity contribution is 7.10. The maximum atomic E-state index is 12.8. The van der Waals surface area contributed by atoms with Gasteiger partial charge in [0.2, 0.25) is 6.29 Å². The highest BCUT2D eigenvalue weighted by atomic mass is 32.1. The van der Waals surface area contributed by atoms with Gasteiger partial charge in [0.05, 0.1) is 0 Å². The van der Waals surface area contributed by atoms with Crippen LogP contribution in [0, 0.1) is 5.92 Å². The van der Waals surface area contributed by atoms with Crippen LogP contribution in [-0.2, 0) is 20.7 Å². The molecule has 3 rings (SSSR count). The molecule has 6 heteroatoms. The van der Waals surface area contributed by atoms with Crippen molar-refractivity contribution in [3.63, 3.8) is 0 Å². The minimum atomic E-state index is -0.501. The molecule has 3 atom stereocenters. The zero-order valence-corrected chi connectivity index (χ0v) is 17.6. The van der Waals surface area contributed by atoms with E-state index in [1.165, 1.54) is 10.4 Å². The van der Waals surface area contributed by atoms with Crippen LogP contribution in [0.1, 0.15) is 36.1 Å². The molecule has 1 aromatic carbocycles. The normalized spacial score (nSPS) is 21.3. The Bertz CT molecular complexity index is 775. The molecule has 0 unspecified atom stereocenters. The van der Waals surface area contributed by atoms with E-state index in [2.05, 4.69) is 11.4 Å². The number of amides is 1. The van der Waals surface area contributed by atoms with Gasteiger partial charge in [0.25, 0.3) is 5.91 Å². The molecular formula is C23H29NO4S. The van der Waals surface area contributed by atoms with Crippen molar-refractivity contribution in [2.24, 2.45) is 5.92 Å². The number of thiophene rings is 1. The number of hydrogen-bond donors (Lipinski definition) is 2. The predicted molar refractivity (Wildman–Crippen MR) is 115 cm³/mol. The zero-order valence-electron chi connectivity index (χ0n) is 16.8. The topological polar surface area (TPSA) is 67.8 Å². The van der Waals surface area contributed by atoms with Crippen molar-refractivity contribution in [3.05, 3.63) is 70.1 Å². The largest absolute Gasteiger partial charge is 0.459 e. The number of ether oxygens (including phenoxy) is 2. The van der Waals surface area contributed by atoms with Crippen LogP contribution in [0.25, 0.3) is 0 Å². The summed E-state index contributed by atoms with van der Waals surface area (Å²) in [5.41, 5.74) is 1.18. The van der Waals surface area contributed by atoms with Gasteiger partial charge < -0.3 is 19.9 Å². The van der Waals surface area contributed by atoms with Crippen LogP contribution >= 0.6 is 11.3 Å². The summed E-state index contributed by atoms with van der Waals surface area (Å²) in [4.78, 5) is 14.0. The van der Waals surface area contributed by atoms with Crippen LogP contribution < -0.4 is 5.32 Å². The Labute approximate surface area is 176 Å². The van der Waals surface area contributed by atoms with Gasteiger partial charge in [0.15, 0.2) is 5.76 Å². The Morgan fingerprint density at radius 3 is 2.76 bits per heavy atom. The summed E-state index contributed by atoms with van der Waals surface area (Å²) in [5, 5.41) is 14.3. The molecule has 29 heavy (non-hydrogen) atoms. The van der Waals surface area contributed by atoms with Gasteiger partial charge in [-0.3, -0.25) is 4.79 Å². The van der Waals surface area contributed by atoms with E-state index in [1.807, 2.05) is 54.8 Å². The van der Waals surface area contributed by atoms with Crippen LogP contribution in [0.4, 0.5) is 0 Å². The zero-order chi connectivity index (χ0) is 20.5. The van der Waals surface area contributed by atoms with Gasteiger partial charge in [-0.15, -0.1) is 11.3 Å². The molecule has 0 fully saturated rings. The average Bonchev–Trinajstić information content (AvgIpc) is 3.28. The number of benzene rings is 1. The molecule has 1 aliphatic rings. The number of carbonyl (C=O) groups excluding carboxylic acids is 1. The van der Waals surface area contributed by atoms with Crippen LogP contribution in [0.3, 0.4) is 0 Å². The van der Waals surface area contributed by atoms with E-state index in [-0.39, 0.29) is 24.3 Å². The lowest BCUT2D eigenvalue weighted by Crippen LogP contribution is -2.39. The van der Waals surface area contributed by atoms with Crippen molar-refractivity contribution in [2.45, 2.75) is 38.4 Å². The predicted octanol–water partition coefficient (Wildman–Crippen LogP) is 3.86. The fraction of sp³-hybridized carbons (Fsp3) is 0.435. The molecule has 1 aromatic heterocycles. The van der Waals surface area contributed by atoms with Gasteiger partial charge in [0, 0.05) is 36.5 Å². The molecule has 0 saturated carbocycles. The Morgan fingerprint density at radius 2 is 2.07 bits per heavy atom. The van der Waals surface area contributed by atoms with Crippen molar-refractivity contribution in [1.82, 2.24) is 5.32 Å². The molecule has 2 heterocycles. The molecule has 0 bridgehead atoms. The summed E-state index contributed by atoms with van der Waals surface area (Å²) in [6, 6.07) is 14.2. The number of aliphatic hydroxyl groups is 1. The Hall–Kier alpha value is -2.15. The van der Waals surface area contributed by atoms with Gasteiger partial charge in [-0.1, -0.05) is 36.4 Å². The second-order valence-electron chi connectivity index (χ2n) is 7.03. The van der Waals surface area contributed by atoms with E-state index >= 15 is 0 Å². The smallest absolute Gasteiger partial charge is 0.286 e. The summed E-state index contributed by atoms with van der Waals surface area (Å²) in [5.74, 6) is 0.186. The number of rotatable bonds is 10. The van der Waals surface area contributed by atoms with Crippen molar-refractivity contribution in [2.75, 3.05) is 19.8 Å². The monoisotopic (exact) mass is 415 g/mol. The van der Waals surface area contributed by atoms with E-state index in [1.54, 1.807) is 11.3 Å². The SMILES string of the molecule is CCO[C@H]1OC(C(=O)NCCc2ccccc2)=C[C@@H](c2cccs2)[C@H]1CCCO. The number of aliphatic hydroxyl groups excluding tert-OH is 1. The second-order valence-corrected chi connectivity index (χ2v) is 8.01. The molecule has 2 N–H and O–H groups in total. The van der Waals surface area contributed by atoms with Gasteiger partial charge in [-0.05, 0) is 49.3 Å². The van der Waals surface area contributed by atoms with Gasteiger partial charge in [-0.2, -0.15) is 0 Å². The van der Waals surface area contributed by atoms with Crippen molar-refractivity contribution in [1.29, 1.82) is 0 Å². The summed E-state index contributed by atoms with van der Waals surface area (Å²) in [6.45, 7) is 3.09. The van der Waals surface area contributed by atoms with E-state index in [9.17, 15) is 9.90 Å². The molecule has 1 amide bonds. The summed E-state index contributed by atoms with van der Waals surface area (Å²) in [7, 11) is 0. The number of carbonyl (C=O) groups is 1. The first kappa shape index (κ1) is 21.6. The fourth-order valence-corrected chi connectivity index (χ4v) is 4.50. The lowest BCUT2D eigenvalue weighted by molar-refractivity contribution is -0.166. The van der Waals surface area contributed by atoms with Crippen LogP contribution in [0.5, 0.6) is 0 Å². The first-order valence-corrected chi connectivity index (χ1v) is 11.1. The number of nitrogens with one attached hydrogen (secondary N) is 1. The average molecular weight is 416 g/mol. The molecule has 2 aromatic rings. The van der Waals surface area contributed by atoms with Crippen molar-refractivity contribution < 1.29 is 19.4 Å². The first-order chi connectivity index (χ1) is 14.2. The molecule has 0 spiro atoms. The standard InChI is InChI=1S/C23H29NO4S/c1-2-27-23-18(10-6-14-25)19(21-11-7-15-29-21)16-20(28-23)22(26)24-13-12-17-8-4-3-5-9-17/h3-5,7-9,11,15-16,18-19,23,25H,2,6,10,12-14H2,1H3,(H,24,26)/t18-,19-,23+/m1/s1. The van der Waals surface area contributed by atoms with E-state index in [4.69, 9.17) is 9.47 Å².